The number of hydrogen-bond donors (Lipinski definition) is 4. The van der Waals surface area contributed by atoms with Gasteiger partial charge < -0.3 is 21.3 Å². The Bertz CT molecular complexity index is 1480. The molecule has 0 radical (unpaired) electrons. The summed E-state index contributed by atoms with van der Waals surface area (Å²) < 4.78 is 15.4. The van der Waals surface area contributed by atoms with Crippen LogP contribution in [0.2, 0.25) is 0 Å². The lowest BCUT2D eigenvalue weighted by Crippen LogP contribution is -2.57. The summed E-state index contributed by atoms with van der Waals surface area (Å²) in [6.45, 7) is 7.38. The quantitative estimate of drug-likeness (QED) is 0.329. The maximum atomic E-state index is 13.8. The Kier molecular flexibility index (Phi) is 12.4. The fourth-order valence-electron chi connectivity index (χ4n) is 5.34. The minimum absolute atomic E-state index is 0.186. The van der Waals surface area contributed by atoms with Crippen LogP contribution in [-0.4, -0.2) is 76.1 Å². The molecule has 4 amide bonds. The molecule has 11 nitrogen and oxygen atoms in total. The van der Waals surface area contributed by atoms with Gasteiger partial charge in [0.2, 0.25) is 23.6 Å². The number of hydrogen-bond acceptors (Lipinski definition) is 6. The summed E-state index contributed by atoms with van der Waals surface area (Å²) in [6.07, 6.45) is 5.20. The fraction of sp³-hybridized carbons (Fsp3) is 0.441. The van der Waals surface area contributed by atoms with Gasteiger partial charge in [-0.1, -0.05) is 50.2 Å². The summed E-state index contributed by atoms with van der Waals surface area (Å²) in [4.78, 5) is 54.7. The summed E-state index contributed by atoms with van der Waals surface area (Å²) >= 11 is 0. The Morgan fingerprint density at radius 1 is 0.891 bits per heavy atom. The molecule has 3 atom stereocenters. The minimum atomic E-state index is -0.922. The molecular weight excluding hydrogens is 589 g/mol. The van der Waals surface area contributed by atoms with Crippen molar-refractivity contribution < 1.29 is 23.6 Å². The summed E-state index contributed by atoms with van der Waals surface area (Å²) in [5.74, 6) is -2.06. The second kappa shape index (κ2) is 16.6. The van der Waals surface area contributed by atoms with Crippen LogP contribution in [0.1, 0.15) is 51.2 Å². The highest BCUT2D eigenvalue weighted by atomic mass is 19.1. The van der Waals surface area contributed by atoms with Crippen LogP contribution >= 0.6 is 0 Å². The van der Waals surface area contributed by atoms with Gasteiger partial charge in [-0.15, -0.1) is 0 Å². The van der Waals surface area contributed by atoms with Gasteiger partial charge >= 0.3 is 0 Å². The van der Waals surface area contributed by atoms with Crippen molar-refractivity contribution in [1.29, 1.82) is 0 Å². The van der Waals surface area contributed by atoms with E-state index in [9.17, 15) is 23.6 Å². The van der Waals surface area contributed by atoms with E-state index < -0.39 is 29.9 Å². The maximum absolute atomic E-state index is 13.8. The molecule has 1 aliphatic heterocycles. The van der Waals surface area contributed by atoms with Crippen LogP contribution in [0, 0.1) is 11.7 Å². The number of nitrogens with one attached hydrogen (secondary N) is 4. The smallest absolute Gasteiger partial charge is 0.243 e. The van der Waals surface area contributed by atoms with Crippen LogP contribution in [0.5, 0.6) is 0 Å². The molecule has 1 saturated heterocycles. The second-order valence-corrected chi connectivity index (χ2v) is 12.1. The van der Waals surface area contributed by atoms with Crippen LogP contribution in [0.15, 0.2) is 67.0 Å². The van der Waals surface area contributed by atoms with Crippen molar-refractivity contribution in [3.8, 4) is 5.69 Å². The summed E-state index contributed by atoms with van der Waals surface area (Å²) in [5.41, 5.74) is 2.39. The van der Waals surface area contributed by atoms with Gasteiger partial charge in [0.15, 0.2) is 0 Å². The number of carbonyl (C=O) groups excluding carboxylic acids is 4. The monoisotopic (exact) mass is 633 g/mol. The molecule has 0 unspecified atom stereocenters. The first-order valence-electron chi connectivity index (χ1n) is 15.8. The van der Waals surface area contributed by atoms with E-state index in [1.807, 2.05) is 50.4 Å². The molecular formula is C34H44FN7O4. The number of aromatic nitrogens is 2. The Hall–Kier alpha value is -4.58. The van der Waals surface area contributed by atoms with E-state index in [1.54, 1.807) is 29.9 Å². The predicted molar refractivity (Wildman–Crippen MR) is 172 cm³/mol. The van der Waals surface area contributed by atoms with Gasteiger partial charge in [0.25, 0.3) is 0 Å². The molecule has 0 bridgehead atoms. The zero-order valence-corrected chi connectivity index (χ0v) is 26.7. The maximum Gasteiger partial charge on any atom is 0.243 e. The molecule has 1 fully saturated rings. The van der Waals surface area contributed by atoms with E-state index in [0.717, 1.165) is 11.1 Å². The van der Waals surface area contributed by atoms with Crippen molar-refractivity contribution in [3.05, 3.63) is 83.9 Å². The highest BCUT2D eigenvalue weighted by molar-refractivity contribution is 5.94. The first kappa shape index (κ1) is 34.3. The molecule has 1 aliphatic rings. The predicted octanol–water partition coefficient (Wildman–Crippen LogP) is 2.49. The van der Waals surface area contributed by atoms with Crippen molar-refractivity contribution in [3.63, 3.8) is 0 Å². The van der Waals surface area contributed by atoms with Crippen LogP contribution in [0.4, 0.5) is 4.39 Å². The molecule has 0 aliphatic carbocycles. The molecule has 46 heavy (non-hydrogen) atoms. The van der Waals surface area contributed by atoms with Crippen LogP contribution in [0.25, 0.3) is 5.69 Å². The third-order valence-corrected chi connectivity index (χ3v) is 7.88. The summed E-state index contributed by atoms with van der Waals surface area (Å²) in [5, 5.41) is 15.7. The number of rotatable bonds is 6. The average molecular weight is 634 g/mol. The van der Waals surface area contributed by atoms with Crippen LogP contribution in [0.3, 0.4) is 0 Å². The highest BCUT2D eigenvalue weighted by Crippen LogP contribution is 2.13. The molecule has 0 spiro atoms. The topological polar surface area (TPSA) is 137 Å². The van der Waals surface area contributed by atoms with Crippen molar-refractivity contribution in [2.45, 2.75) is 71.1 Å². The van der Waals surface area contributed by atoms with Crippen LogP contribution in [-0.2, 0) is 32.1 Å². The van der Waals surface area contributed by atoms with Crippen molar-refractivity contribution in [2.75, 3.05) is 19.6 Å². The number of carbonyl (C=O) groups is 4. The first-order valence-corrected chi connectivity index (χ1v) is 15.8. The number of halogens is 1. The summed E-state index contributed by atoms with van der Waals surface area (Å²) in [7, 11) is 0. The van der Waals surface area contributed by atoms with Gasteiger partial charge in [0, 0.05) is 44.2 Å². The Morgan fingerprint density at radius 2 is 1.65 bits per heavy atom. The Labute approximate surface area is 269 Å². The van der Waals surface area contributed by atoms with Crippen molar-refractivity contribution in [1.82, 2.24) is 35.9 Å². The van der Waals surface area contributed by atoms with E-state index in [0.29, 0.717) is 44.7 Å². The average Bonchev–Trinajstić information content (AvgIpc) is 3.49. The molecule has 12 heteroatoms. The Balaban J connectivity index is 1.50. The first-order chi connectivity index (χ1) is 22.1. The lowest BCUT2D eigenvalue weighted by Gasteiger charge is -2.26. The van der Waals surface area contributed by atoms with E-state index in [-0.39, 0.29) is 36.4 Å². The minimum Gasteiger partial charge on any atom is -0.354 e. The van der Waals surface area contributed by atoms with E-state index in [4.69, 9.17) is 0 Å². The molecule has 4 N–H and O–H groups in total. The molecule has 3 aromatic rings. The van der Waals surface area contributed by atoms with E-state index in [1.165, 1.54) is 12.1 Å². The van der Waals surface area contributed by atoms with Gasteiger partial charge in [0.05, 0.1) is 11.9 Å². The van der Waals surface area contributed by atoms with Crippen LogP contribution < -0.4 is 21.3 Å². The normalized spacial score (nSPS) is 21.5. The third-order valence-electron chi connectivity index (χ3n) is 7.88. The third kappa shape index (κ3) is 10.2. The zero-order valence-electron chi connectivity index (χ0n) is 26.7. The molecule has 2 aromatic carbocycles. The van der Waals surface area contributed by atoms with Gasteiger partial charge in [-0.25, -0.2) is 9.07 Å². The molecule has 246 valence electrons. The van der Waals surface area contributed by atoms with Gasteiger partial charge in [0.1, 0.15) is 23.9 Å². The number of nitrogens with zero attached hydrogens (tertiary/aromatic N) is 3. The lowest BCUT2D eigenvalue weighted by atomic mass is 10.0. The molecule has 2 heterocycles. The number of benzene rings is 2. The van der Waals surface area contributed by atoms with Crippen molar-refractivity contribution in [2.24, 2.45) is 5.92 Å². The fourth-order valence-corrected chi connectivity index (χ4v) is 5.34. The van der Waals surface area contributed by atoms with Gasteiger partial charge in [-0.05, 0) is 56.0 Å². The highest BCUT2D eigenvalue weighted by Gasteiger charge is 2.29. The number of amides is 4. The molecule has 4 rings (SSSR count). The van der Waals surface area contributed by atoms with E-state index >= 15 is 0 Å². The largest absolute Gasteiger partial charge is 0.354 e. The second-order valence-electron chi connectivity index (χ2n) is 12.1. The SMILES string of the molecule is CC(C)[C@H]1NC(=O)[C@@H](C)NC(=O)[C@H](Cc2ccccc2)NC(=O)CCCN(Cc2cnn(-c3cccc(F)c3)c2)CCCNC1=O. The van der Waals surface area contributed by atoms with Gasteiger partial charge in [-0.3, -0.25) is 24.1 Å². The van der Waals surface area contributed by atoms with Gasteiger partial charge in [-0.2, -0.15) is 5.10 Å². The Morgan fingerprint density at radius 3 is 2.39 bits per heavy atom. The van der Waals surface area contributed by atoms with E-state index in [2.05, 4.69) is 31.3 Å². The van der Waals surface area contributed by atoms with Crippen molar-refractivity contribution >= 4 is 23.6 Å². The lowest BCUT2D eigenvalue weighted by molar-refractivity contribution is -0.134. The summed E-state index contributed by atoms with van der Waals surface area (Å²) in [6, 6.07) is 12.9. The standard InChI is InChI=1S/C34H44FN7O4/c1-23(2)31-34(46)36-15-9-17-41(21-26-20-37-42(22-26)28-13-7-12-27(35)19-28)16-8-14-30(43)39-29(18-25-10-5-4-6-11-25)33(45)38-24(3)32(44)40-31/h4-7,10-13,19-20,22-24,29,31H,8-9,14-18,21H2,1-3H3,(H,36,46)(H,38,45)(H,39,43)(H,40,44)/t24-,29+,31-/m1/s1. The molecule has 0 saturated carbocycles. The zero-order chi connectivity index (χ0) is 33.1. The molecule has 1 aromatic heterocycles.